The van der Waals surface area contributed by atoms with Gasteiger partial charge in [0.15, 0.2) is 5.78 Å². The lowest BCUT2D eigenvalue weighted by molar-refractivity contribution is -0.152. The van der Waals surface area contributed by atoms with Crippen molar-refractivity contribution in [2.45, 2.75) is 53.4 Å². The molecule has 0 aromatic rings. The molecule has 128 valence electrons. The van der Waals surface area contributed by atoms with Crippen LogP contribution in [0.1, 0.15) is 53.4 Å². The molecule has 4 nitrogen and oxygen atoms in total. The highest BCUT2D eigenvalue weighted by molar-refractivity contribution is 6.01. The number of aliphatic hydroxyl groups excluding tert-OH is 1. The topological polar surface area (TPSA) is 63.6 Å². The number of Topliss-reactive ketones (excluding diaryl/α,β-unsaturated/α-hetero) is 1. The van der Waals surface area contributed by atoms with E-state index in [0.717, 1.165) is 19.3 Å². The Morgan fingerprint density at radius 2 is 2.09 bits per heavy atom. The minimum atomic E-state index is -0.498. The fraction of sp³-hybridized carbons (Fsp3) is 0.789. The number of esters is 1. The first-order valence-corrected chi connectivity index (χ1v) is 8.99. The number of carbonyl (C=O) groups excluding carboxylic acids is 2. The van der Waals surface area contributed by atoms with Crippen molar-refractivity contribution in [2.75, 3.05) is 6.61 Å². The molecular weight excluding hydrogens is 292 g/mol. The zero-order valence-corrected chi connectivity index (χ0v) is 14.6. The number of rotatable bonds is 3. The molecule has 2 saturated carbocycles. The van der Waals surface area contributed by atoms with Gasteiger partial charge in [0.1, 0.15) is 5.76 Å². The number of ketones is 1. The molecule has 5 atom stereocenters. The van der Waals surface area contributed by atoms with Crippen molar-refractivity contribution in [2.24, 2.45) is 35.0 Å². The van der Waals surface area contributed by atoms with Gasteiger partial charge >= 0.3 is 5.97 Å². The molecular formula is C19H28O4. The van der Waals surface area contributed by atoms with Gasteiger partial charge in [-0.05, 0) is 44.4 Å². The predicted molar refractivity (Wildman–Crippen MR) is 86.7 cm³/mol. The van der Waals surface area contributed by atoms with Gasteiger partial charge in [-0.1, -0.05) is 20.8 Å². The van der Waals surface area contributed by atoms with Crippen LogP contribution in [0.15, 0.2) is 11.3 Å². The van der Waals surface area contributed by atoms with Crippen LogP contribution in [0.5, 0.6) is 0 Å². The number of fused-ring (bicyclic) bond motifs is 1. The normalized spacial score (nSPS) is 39.6. The maximum atomic E-state index is 13.2. The van der Waals surface area contributed by atoms with Crippen LogP contribution in [0.3, 0.4) is 0 Å². The highest BCUT2D eigenvalue weighted by atomic mass is 16.5. The van der Waals surface area contributed by atoms with Gasteiger partial charge in [-0.25, -0.2) is 0 Å². The molecule has 3 aliphatic rings. The van der Waals surface area contributed by atoms with E-state index in [9.17, 15) is 14.7 Å². The minimum Gasteiger partial charge on any atom is -0.512 e. The first-order chi connectivity index (χ1) is 10.8. The average Bonchev–Trinajstić information content (AvgIpc) is 2.97. The van der Waals surface area contributed by atoms with Gasteiger partial charge in [0.05, 0.1) is 12.5 Å². The van der Waals surface area contributed by atoms with Gasteiger partial charge in [-0.2, -0.15) is 0 Å². The van der Waals surface area contributed by atoms with Crippen LogP contribution in [0.25, 0.3) is 0 Å². The summed E-state index contributed by atoms with van der Waals surface area (Å²) < 4.78 is 5.30. The molecule has 0 unspecified atom stereocenters. The maximum Gasteiger partial charge on any atom is 0.309 e. The molecule has 0 aromatic heterocycles. The summed E-state index contributed by atoms with van der Waals surface area (Å²) >= 11 is 0. The molecule has 1 N–H and O–H groups in total. The molecule has 1 spiro atoms. The van der Waals surface area contributed by atoms with Crippen LogP contribution in [-0.2, 0) is 14.3 Å². The van der Waals surface area contributed by atoms with Crippen molar-refractivity contribution < 1.29 is 19.4 Å². The molecule has 23 heavy (non-hydrogen) atoms. The van der Waals surface area contributed by atoms with Crippen molar-refractivity contribution >= 4 is 11.8 Å². The maximum absolute atomic E-state index is 13.2. The van der Waals surface area contributed by atoms with Gasteiger partial charge in [-0.3, -0.25) is 9.59 Å². The van der Waals surface area contributed by atoms with Crippen LogP contribution >= 0.6 is 0 Å². The van der Waals surface area contributed by atoms with Crippen LogP contribution < -0.4 is 0 Å². The second-order valence-corrected chi connectivity index (χ2v) is 7.94. The van der Waals surface area contributed by atoms with Gasteiger partial charge < -0.3 is 9.84 Å². The zero-order valence-electron chi connectivity index (χ0n) is 14.6. The van der Waals surface area contributed by atoms with E-state index in [4.69, 9.17) is 4.74 Å². The lowest BCUT2D eigenvalue weighted by atomic mass is 9.63. The standard InChI is InChI=1S/C19H28O4/c1-5-23-18(22)14-8-12-9-19(14)11(4)6-7-13(10(2)3)17(21)15(19)16(12)20/h10-14,20H,5-9H2,1-4H3/t11-,12+,13+,14+,19-/m1/s1. The molecule has 0 saturated heterocycles. The molecule has 2 bridgehead atoms. The fourth-order valence-corrected chi connectivity index (χ4v) is 5.39. The fourth-order valence-electron chi connectivity index (χ4n) is 5.39. The van der Waals surface area contributed by atoms with Crippen LogP contribution in [-0.4, -0.2) is 23.5 Å². The van der Waals surface area contributed by atoms with E-state index in [0.29, 0.717) is 18.6 Å². The van der Waals surface area contributed by atoms with Crippen molar-refractivity contribution in [1.29, 1.82) is 0 Å². The highest BCUT2D eigenvalue weighted by Crippen LogP contribution is 2.66. The molecule has 0 amide bonds. The Bertz CT molecular complexity index is 562. The van der Waals surface area contributed by atoms with Crippen LogP contribution in [0, 0.1) is 35.0 Å². The molecule has 0 heterocycles. The Morgan fingerprint density at radius 1 is 1.39 bits per heavy atom. The predicted octanol–water partition coefficient (Wildman–Crippen LogP) is 3.66. The van der Waals surface area contributed by atoms with Gasteiger partial charge in [0.2, 0.25) is 0 Å². The first-order valence-electron chi connectivity index (χ1n) is 8.99. The van der Waals surface area contributed by atoms with Gasteiger partial charge in [0, 0.05) is 22.8 Å². The summed E-state index contributed by atoms with van der Waals surface area (Å²) in [4.78, 5) is 25.7. The summed E-state index contributed by atoms with van der Waals surface area (Å²) in [6.45, 7) is 8.45. The monoisotopic (exact) mass is 320 g/mol. The smallest absolute Gasteiger partial charge is 0.309 e. The Balaban J connectivity index is 2.08. The molecule has 0 aromatic carbocycles. The zero-order chi connectivity index (χ0) is 16.9. The minimum absolute atomic E-state index is 0.0447. The van der Waals surface area contributed by atoms with Crippen molar-refractivity contribution in [3.05, 3.63) is 11.3 Å². The Kier molecular flexibility index (Phi) is 4.06. The second kappa shape index (κ2) is 5.64. The molecule has 3 rings (SSSR count). The summed E-state index contributed by atoms with van der Waals surface area (Å²) in [5.41, 5.74) is 0.0809. The van der Waals surface area contributed by atoms with E-state index in [1.165, 1.54) is 0 Å². The molecule has 4 heteroatoms. The van der Waals surface area contributed by atoms with E-state index < -0.39 is 5.41 Å². The van der Waals surface area contributed by atoms with Gasteiger partial charge in [0.25, 0.3) is 0 Å². The number of hydrogen-bond donors (Lipinski definition) is 1. The number of hydrogen-bond acceptors (Lipinski definition) is 4. The van der Waals surface area contributed by atoms with E-state index in [2.05, 4.69) is 20.8 Å². The van der Waals surface area contributed by atoms with Crippen LogP contribution in [0.4, 0.5) is 0 Å². The number of allylic oxidation sites excluding steroid dienone is 2. The molecule has 3 aliphatic carbocycles. The summed E-state index contributed by atoms with van der Waals surface area (Å²) in [6, 6.07) is 0. The Hall–Kier alpha value is -1.32. The summed E-state index contributed by atoms with van der Waals surface area (Å²) in [5, 5.41) is 10.7. The largest absolute Gasteiger partial charge is 0.512 e. The first kappa shape index (κ1) is 16.5. The molecule has 0 radical (unpaired) electrons. The van der Waals surface area contributed by atoms with Crippen molar-refractivity contribution in [1.82, 2.24) is 0 Å². The second-order valence-electron chi connectivity index (χ2n) is 7.94. The van der Waals surface area contributed by atoms with Crippen LogP contribution in [0.2, 0.25) is 0 Å². The molecule has 0 aliphatic heterocycles. The lowest BCUT2D eigenvalue weighted by Crippen LogP contribution is -2.42. The SMILES string of the molecule is CCOC(=O)[C@@H]1C[C@H]2C[C@]13C(=C2O)C(=O)[C@H](C(C)C)CC[C@H]3C. The quantitative estimate of drug-likeness (QED) is 0.806. The summed E-state index contributed by atoms with van der Waals surface area (Å²) in [7, 11) is 0. The van der Waals surface area contributed by atoms with Crippen molar-refractivity contribution in [3.8, 4) is 0 Å². The highest BCUT2D eigenvalue weighted by Gasteiger charge is 2.65. The Labute approximate surface area is 138 Å². The third-order valence-electron chi connectivity index (χ3n) is 6.58. The van der Waals surface area contributed by atoms with E-state index >= 15 is 0 Å². The number of ether oxygens (including phenoxy) is 1. The number of aliphatic hydroxyl groups is 1. The third kappa shape index (κ3) is 2.17. The average molecular weight is 320 g/mol. The Morgan fingerprint density at radius 3 is 2.70 bits per heavy atom. The third-order valence-corrected chi connectivity index (χ3v) is 6.58. The van der Waals surface area contributed by atoms with E-state index in [-0.39, 0.29) is 47.1 Å². The summed E-state index contributed by atoms with van der Waals surface area (Å²) in [5.74, 6) is 0.270. The van der Waals surface area contributed by atoms with E-state index in [1.807, 2.05) is 6.92 Å². The lowest BCUT2D eigenvalue weighted by Gasteiger charge is -2.39. The summed E-state index contributed by atoms with van der Waals surface area (Å²) in [6.07, 6.45) is 3.12. The van der Waals surface area contributed by atoms with E-state index in [1.54, 1.807) is 0 Å². The van der Waals surface area contributed by atoms with Crippen molar-refractivity contribution in [3.63, 3.8) is 0 Å². The number of carbonyl (C=O) groups is 2. The van der Waals surface area contributed by atoms with Gasteiger partial charge in [-0.15, -0.1) is 0 Å². The molecule has 2 fully saturated rings.